The molecule has 1 aliphatic rings. The van der Waals surface area contributed by atoms with E-state index < -0.39 is 5.60 Å². The van der Waals surface area contributed by atoms with Crippen LogP contribution in [0.2, 0.25) is 0 Å². The van der Waals surface area contributed by atoms with Crippen molar-refractivity contribution in [1.29, 1.82) is 0 Å². The van der Waals surface area contributed by atoms with Crippen molar-refractivity contribution in [3.63, 3.8) is 0 Å². The molecule has 0 spiro atoms. The largest absolute Gasteiger partial charge is 0.389 e. The molecule has 2 unspecified atom stereocenters. The molecule has 84 valence electrons. The van der Waals surface area contributed by atoms with Crippen molar-refractivity contribution in [3.05, 3.63) is 0 Å². The Labute approximate surface area is 87.3 Å². The van der Waals surface area contributed by atoms with Crippen LogP contribution >= 0.6 is 0 Å². The first-order chi connectivity index (χ1) is 6.64. The fourth-order valence-corrected chi connectivity index (χ4v) is 1.71. The Morgan fingerprint density at radius 3 is 2.93 bits per heavy atom. The maximum atomic E-state index is 9.85. The van der Waals surface area contributed by atoms with Gasteiger partial charge in [0.05, 0.1) is 5.60 Å². The number of nitrogens with one attached hydrogen (secondary N) is 2. The first-order valence-electron chi connectivity index (χ1n) is 5.80. The second-order valence-electron chi connectivity index (χ2n) is 4.61. The Hall–Kier alpha value is -0.120. The predicted octanol–water partition coefficient (Wildman–Crippen LogP) is 0.879. The molecular formula is C11H24N2O. The lowest BCUT2D eigenvalue weighted by atomic mass is 10.0. The van der Waals surface area contributed by atoms with E-state index in [0.29, 0.717) is 12.6 Å². The van der Waals surface area contributed by atoms with E-state index in [9.17, 15) is 5.11 Å². The van der Waals surface area contributed by atoms with Gasteiger partial charge in [-0.1, -0.05) is 6.92 Å². The lowest BCUT2D eigenvalue weighted by Gasteiger charge is -2.25. The van der Waals surface area contributed by atoms with Gasteiger partial charge in [-0.05, 0) is 45.7 Å². The summed E-state index contributed by atoms with van der Waals surface area (Å²) >= 11 is 0. The summed E-state index contributed by atoms with van der Waals surface area (Å²) < 4.78 is 0. The third-order valence-electron chi connectivity index (χ3n) is 3.11. The van der Waals surface area contributed by atoms with Crippen molar-refractivity contribution in [1.82, 2.24) is 10.6 Å². The third-order valence-corrected chi connectivity index (χ3v) is 3.11. The standard InChI is InChI=1S/C11H24N2O/c1-3-11(2,14)9-13-10-5-4-7-12-8-6-10/h10,12-14H,3-9H2,1-2H3. The summed E-state index contributed by atoms with van der Waals surface area (Å²) in [4.78, 5) is 0. The van der Waals surface area contributed by atoms with Gasteiger partial charge in [0.2, 0.25) is 0 Å². The molecule has 0 bridgehead atoms. The summed E-state index contributed by atoms with van der Waals surface area (Å²) in [6, 6.07) is 0.586. The third kappa shape index (κ3) is 4.40. The van der Waals surface area contributed by atoms with Crippen molar-refractivity contribution >= 4 is 0 Å². The highest BCUT2D eigenvalue weighted by Gasteiger charge is 2.19. The van der Waals surface area contributed by atoms with Gasteiger partial charge in [-0.3, -0.25) is 0 Å². The molecule has 2 atom stereocenters. The van der Waals surface area contributed by atoms with E-state index in [0.717, 1.165) is 19.5 Å². The van der Waals surface area contributed by atoms with Gasteiger partial charge < -0.3 is 15.7 Å². The molecular weight excluding hydrogens is 176 g/mol. The number of rotatable bonds is 4. The summed E-state index contributed by atoms with van der Waals surface area (Å²) in [5.41, 5.74) is -0.542. The molecule has 3 heteroatoms. The highest BCUT2D eigenvalue weighted by atomic mass is 16.3. The van der Waals surface area contributed by atoms with Gasteiger partial charge in [0.15, 0.2) is 0 Å². The Balaban J connectivity index is 2.22. The van der Waals surface area contributed by atoms with E-state index in [4.69, 9.17) is 0 Å². The van der Waals surface area contributed by atoms with Gasteiger partial charge in [0, 0.05) is 12.6 Å². The molecule has 0 aromatic heterocycles. The molecule has 1 rings (SSSR count). The van der Waals surface area contributed by atoms with Crippen molar-refractivity contribution < 1.29 is 5.11 Å². The van der Waals surface area contributed by atoms with Gasteiger partial charge in [-0.25, -0.2) is 0 Å². The zero-order valence-corrected chi connectivity index (χ0v) is 9.47. The van der Waals surface area contributed by atoms with Crippen LogP contribution in [0.15, 0.2) is 0 Å². The molecule has 0 aromatic carbocycles. The van der Waals surface area contributed by atoms with E-state index in [2.05, 4.69) is 10.6 Å². The molecule has 0 amide bonds. The average molecular weight is 200 g/mol. The molecule has 0 radical (unpaired) electrons. The number of hydrogen-bond acceptors (Lipinski definition) is 3. The molecule has 0 saturated carbocycles. The molecule has 1 fully saturated rings. The zero-order chi connectivity index (χ0) is 10.4. The second-order valence-corrected chi connectivity index (χ2v) is 4.61. The van der Waals surface area contributed by atoms with E-state index in [1.165, 1.54) is 19.3 Å². The monoisotopic (exact) mass is 200 g/mol. The summed E-state index contributed by atoms with van der Waals surface area (Å²) in [5, 5.41) is 16.7. The Morgan fingerprint density at radius 2 is 2.21 bits per heavy atom. The van der Waals surface area contributed by atoms with E-state index in [1.54, 1.807) is 0 Å². The Morgan fingerprint density at radius 1 is 1.43 bits per heavy atom. The molecule has 0 aromatic rings. The molecule has 1 saturated heterocycles. The summed E-state index contributed by atoms with van der Waals surface area (Å²) in [6.07, 6.45) is 4.46. The average Bonchev–Trinajstić information content (AvgIpc) is 2.43. The molecule has 3 N–H and O–H groups in total. The smallest absolute Gasteiger partial charge is 0.0741 e. The molecule has 1 heterocycles. The fraction of sp³-hybridized carbons (Fsp3) is 1.00. The molecule has 0 aliphatic carbocycles. The summed E-state index contributed by atoms with van der Waals surface area (Å²) in [5.74, 6) is 0. The minimum absolute atomic E-state index is 0.542. The van der Waals surface area contributed by atoms with Crippen molar-refractivity contribution in [3.8, 4) is 0 Å². The topological polar surface area (TPSA) is 44.3 Å². The van der Waals surface area contributed by atoms with Crippen LogP contribution in [-0.4, -0.2) is 36.4 Å². The SMILES string of the molecule is CCC(C)(O)CNC1CCCNCC1. The maximum absolute atomic E-state index is 9.85. The van der Waals surface area contributed by atoms with E-state index in [-0.39, 0.29) is 0 Å². The quantitative estimate of drug-likeness (QED) is 0.631. The Bertz CT molecular complexity index is 151. The lowest BCUT2D eigenvalue weighted by molar-refractivity contribution is 0.0523. The summed E-state index contributed by atoms with van der Waals surface area (Å²) in [6.45, 7) is 6.88. The van der Waals surface area contributed by atoms with Crippen molar-refractivity contribution in [2.45, 2.75) is 51.2 Å². The first-order valence-corrected chi connectivity index (χ1v) is 5.80. The number of hydrogen-bond donors (Lipinski definition) is 3. The molecule has 3 nitrogen and oxygen atoms in total. The van der Waals surface area contributed by atoms with Crippen molar-refractivity contribution in [2.24, 2.45) is 0 Å². The van der Waals surface area contributed by atoms with Crippen LogP contribution < -0.4 is 10.6 Å². The van der Waals surface area contributed by atoms with Gasteiger partial charge >= 0.3 is 0 Å². The van der Waals surface area contributed by atoms with Gasteiger partial charge in [-0.15, -0.1) is 0 Å². The molecule has 1 aliphatic heterocycles. The minimum atomic E-state index is -0.542. The van der Waals surface area contributed by atoms with Crippen molar-refractivity contribution in [2.75, 3.05) is 19.6 Å². The van der Waals surface area contributed by atoms with Crippen LogP contribution in [0.1, 0.15) is 39.5 Å². The van der Waals surface area contributed by atoms with E-state index in [1.807, 2.05) is 13.8 Å². The zero-order valence-electron chi connectivity index (χ0n) is 9.47. The fourth-order valence-electron chi connectivity index (χ4n) is 1.71. The van der Waals surface area contributed by atoms with E-state index >= 15 is 0 Å². The van der Waals surface area contributed by atoms with Gasteiger partial charge in [0.1, 0.15) is 0 Å². The molecule has 14 heavy (non-hydrogen) atoms. The van der Waals surface area contributed by atoms with Crippen LogP contribution in [0, 0.1) is 0 Å². The van der Waals surface area contributed by atoms with Gasteiger partial charge in [-0.2, -0.15) is 0 Å². The predicted molar refractivity (Wildman–Crippen MR) is 59.4 cm³/mol. The van der Waals surface area contributed by atoms with Crippen LogP contribution in [0.3, 0.4) is 0 Å². The Kier molecular flexibility index (Phi) is 4.85. The highest BCUT2D eigenvalue weighted by Crippen LogP contribution is 2.09. The maximum Gasteiger partial charge on any atom is 0.0741 e. The highest BCUT2D eigenvalue weighted by molar-refractivity contribution is 4.79. The summed E-state index contributed by atoms with van der Waals surface area (Å²) in [7, 11) is 0. The van der Waals surface area contributed by atoms with Gasteiger partial charge in [0.25, 0.3) is 0 Å². The minimum Gasteiger partial charge on any atom is -0.389 e. The second kappa shape index (κ2) is 5.69. The van der Waals surface area contributed by atoms with Crippen LogP contribution in [0.5, 0.6) is 0 Å². The first kappa shape index (κ1) is 12.0. The number of aliphatic hydroxyl groups is 1. The van der Waals surface area contributed by atoms with Crippen LogP contribution in [-0.2, 0) is 0 Å². The lowest BCUT2D eigenvalue weighted by Crippen LogP contribution is -2.42. The van der Waals surface area contributed by atoms with Crippen LogP contribution in [0.4, 0.5) is 0 Å². The van der Waals surface area contributed by atoms with Crippen LogP contribution in [0.25, 0.3) is 0 Å². The normalized spacial score (nSPS) is 28.1.